The molecule has 0 saturated heterocycles. The lowest BCUT2D eigenvalue weighted by molar-refractivity contribution is 0.621. The van der Waals surface area contributed by atoms with Gasteiger partial charge in [-0.25, -0.2) is 4.79 Å². The number of aryl methyl sites for hydroxylation is 1. The molecule has 5 rings (SSSR count). The monoisotopic (exact) mass is 513 g/mol. The average molecular weight is 514 g/mol. The standard InChI is InChI=1S/C28H28ClN7O/c1-2-3-12-25-26(29)35(16-14-20-8-5-4-6-9-20)28(37)36(25)19-24-18-22(13-15-30-24)21-10-7-11-23(17-21)27-31-33-34-32-27/h4-11,13,15,17-18H,2-3,12,14,16,19H2,1H3,(H,31,32,33,34). The highest BCUT2D eigenvalue weighted by atomic mass is 35.5. The van der Waals surface area contributed by atoms with Crippen LogP contribution >= 0.6 is 11.6 Å². The van der Waals surface area contributed by atoms with Gasteiger partial charge in [-0.05, 0) is 59.4 Å². The van der Waals surface area contributed by atoms with Gasteiger partial charge in [0.05, 0.1) is 17.9 Å². The van der Waals surface area contributed by atoms with Gasteiger partial charge in [0.2, 0.25) is 5.82 Å². The molecule has 3 aromatic heterocycles. The number of aromatic amines is 1. The number of pyridine rings is 1. The molecule has 0 spiro atoms. The van der Waals surface area contributed by atoms with Gasteiger partial charge in [-0.1, -0.05) is 73.5 Å². The van der Waals surface area contributed by atoms with Crippen molar-refractivity contribution in [1.82, 2.24) is 34.7 Å². The Kier molecular flexibility index (Phi) is 7.56. The SMILES string of the molecule is CCCCc1c(Cl)n(CCc2ccccc2)c(=O)n1Cc1cc(-c2cccc(-c3nn[nH]n3)c2)ccn1. The second kappa shape index (κ2) is 11.3. The van der Waals surface area contributed by atoms with Crippen LogP contribution in [-0.2, 0) is 25.9 Å². The number of H-pyrrole nitrogens is 1. The van der Waals surface area contributed by atoms with E-state index >= 15 is 0 Å². The lowest BCUT2D eigenvalue weighted by atomic mass is 10.0. The van der Waals surface area contributed by atoms with Gasteiger partial charge in [0.1, 0.15) is 5.15 Å². The molecule has 0 aliphatic heterocycles. The fourth-order valence-corrected chi connectivity index (χ4v) is 4.82. The molecule has 0 unspecified atom stereocenters. The van der Waals surface area contributed by atoms with Gasteiger partial charge in [-0.2, -0.15) is 5.21 Å². The van der Waals surface area contributed by atoms with Crippen LogP contribution in [0.2, 0.25) is 5.15 Å². The van der Waals surface area contributed by atoms with Crippen LogP contribution in [0.1, 0.15) is 36.7 Å². The van der Waals surface area contributed by atoms with E-state index in [9.17, 15) is 4.79 Å². The quantitative estimate of drug-likeness (QED) is 0.278. The zero-order valence-corrected chi connectivity index (χ0v) is 21.4. The van der Waals surface area contributed by atoms with Crippen molar-refractivity contribution in [3.05, 3.63) is 106 Å². The Labute approximate surface area is 220 Å². The minimum atomic E-state index is -0.0988. The molecule has 0 aliphatic carbocycles. The van der Waals surface area contributed by atoms with Crippen LogP contribution < -0.4 is 5.69 Å². The maximum absolute atomic E-state index is 13.5. The number of unbranched alkanes of at least 4 members (excludes halogenated alkanes) is 1. The van der Waals surface area contributed by atoms with E-state index in [1.807, 2.05) is 54.6 Å². The molecular formula is C28H28ClN7O. The zero-order chi connectivity index (χ0) is 25.6. The van der Waals surface area contributed by atoms with E-state index in [1.54, 1.807) is 15.3 Å². The Hall–Kier alpha value is -4.04. The molecule has 0 saturated carbocycles. The molecule has 37 heavy (non-hydrogen) atoms. The highest BCUT2D eigenvalue weighted by Crippen LogP contribution is 2.25. The third kappa shape index (κ3) is 5.54. The lowest BCUT2D eigenvalue weighted by Crippen LogP contribution is -2.26. The predicted molar refractivity (Wildman–Crippen MR) is 144 cm³/mol. The van der Waals surface area contributed by atoms with Crippen LogP contribution in [0.25, 0.3) is 22.5 Å². The summed E-state index contributed by atoms with van der Waals surface area (Å²) in [5, 5.41) is 14.8. The van der Waals surface area contributed by atoms with Gasteiger partial charge in [0, 0.05) is 18.3 Å². The average Bonchev–Trinajstić information content (AvgIpc) is 3.55. The molecule has 5 aromatic rings. The summed E-state index contributed by atoms with van der Waals surface area (Å²) in [4.78, 5) is 18.1. The van der Waals surface area contributed by atoms with Crippen molar-refractivity contribution in [2.24, 2.45) is 0 Å². The number of benzene rings is 2. The molecule has 0 bridgehead atoms. The van der Waals surface area contributed by atoms with Crippen molar-refractivity contribution in [3.63, 3.8) is 0 Å². The molecule has 2 aromatic carbocycles. The Morgan fingerprint density at radius 2 is 1.73 bits per heavy atom. The number of halogens is 1. The number of nitrogens with zero attached hydrogens (tertiary/aromatic N) is 6. The van der Waals surface area contributed by atoms with E-state index in [0.717, 1.165) is 53.8 Å². The van der Waals surface area contributed by atoms with Crippen molar-refractivity contribution in [2.75, 3.05) is 0 Å². The summed E-state index contributed by atoms with van der Waals surface area (Å²) in [6.45, 7) is 3.02. The van der Waals surface area contributed by atoms with E-state index in [-0.39, 0.29) is 5.69 Å². The molecule has 0 atom stereocenters. The smallest absolute Gasteiger partial charge is 0.289 e. The normalized spacial score (nSPS) is 11.2. The molecule has 188 valence electrons. The molecule has 0 aliphatic rings. The van der Waals surface area contributed by atoms with E-state index in [4.69, 9.17) is 11.6 Å². The van der Waals surface area contributed by atoms with Gasteiger partial charge in [0.15, 0.2) is 0 Å². The van der Waals surface area contributed by atoms with Crippen molar-refractivity contribution < 1.29 is 0 Å². The number of hydrogen-bond donors (Lipinski definition) is 1. The van der Waals surface area contributed by atoms with E-state index < -0.39 is 0 Å². The number of nitrogens with one attached hydrogen (secondary N) is 1. The van der Waals surface area contributed by atoms with Gasteiger partial charge in [-0.3, -0.25) is 14.1 Å². The van der Waals surface area contributed by atoms with Crippen LogP contribution in [0, 0.1) is 0 Å². The fraction of sp³-hybridized carbons (Fsp3) is 0.250. The molecule has 9 heteroatoms. The van der Waals surface area contributed by atoms with Crippen molar-refractivity contribution >= 4 is 11.6 Å². The topological polar surface area (TPSA) is 94.3 Å². The fourth-order valence-electron chi connectivity index (χ4n) is 4.47. The van der Waals surface area contributed by atoms with Crippen molar-refractivity contribution in [3.8, 4) is 22.5 Å². The summed E-state index contributed by atoms with van der Waals surface area (Å²) in [7, 11) is 0. The van der Waals surface area contributed by atoms with Gasteiger partial charge < -0.3 is 0 Å². The van der Waals surface area contributed by atoms with Gasteiger partial charge >= 0.3 is 5.69 Å². The molecule has 0 amide bonds. The van der Waals surface area contributed by atoms with Crippen molar-refractivity contribution in [2.45, 2.75) is 45.7 Å². The Balaban J connectivity index is 1.44. The maximum Gasteiger partial charge on any atom is 0.329 e. The van der Waals surface area contributed by atoms with Crippen molar-refractivity contribution in [1.29, 1.82) is 0 Å². The molecular weight excluding hydrogens is 486 g/mol. The summed E-state index contributed by atoms with van der Waals surface area (Å²) < 4.78 is 3.47. The third-order valence-electron chi connectivity index (χ3n) is 6.43. The summed E-state index contributed by atoms with van der Waals surface area (Å²) in [6.07, 6.45) is 5.23. The number of imidazole rings is 1. The van der Waals surface area contributed by atoms with Crippen LogP contribution in [0.5, 0.6) is 0 Å². The molecule has 1 N–H and O–H groups in total. The largest absolute Gasteiger partial charge is 0.329 e. The Morgan fingerprint density at radius 1 is 0.919 bits per heavy atom. The van der Waals surface area contributed by atoms with E-state index in [2.05, 4.69) is 44.7 Å². The molecule has 8 nitrogen and oxygen atoms in total. The first kappa shape index (κ1) is 24.6. The first-order chi connectivity index (χ1) is 18.1. The summed E-state index contributed by atoms with van der Waals surface area (Å²) in [6, 6.07) is 22.1. The molecule has 3 heterocycles. The van der Waals surface area contributed by atoms with Gasteiger partial charge in [-0.15, -0.1) is 10.2 Å². The van der Waals surface area contributed by atoms with Gasteiger partial charge in [0.25, 0.3) is 0 Å². The highest BCUT2D eigenvalue weighted by molar-refractivity contribution is 6.30. The molecule has 0 fully saturated rings. The number of aromatic nitrogens is 7. The van der Waals surface area contributed by atoms with Crippen LogP contribution in [-0.4, -0.2) is 34.7 Å². The number of rotatable bonds is 10. The zero-order valence-electron chi connectivity index (χ0n) is 20.6. The summed E-state index contributed by atoms with van der Waals surface area (Å²) in [5.74, 6) is 0.537. The maximum atomic E-state index is 13.5. The van der Waals surface area contributed by atoms with E-state index in [1.165, 1.54) is 5.56 Å². The summed E-state index contributed by atoms with van der Waals surface area (Å²) >= 11 is 6.80. The Bertz CT molecular complexity index is 1520. The lowest BCUT2D eigenvalue weighted by Gasteiger charge is -2.09. The first-order valence-corrected chi connectivity index (χ1v) is 12.8. The Morgan fingerprint density at radius 3 is 2.51 bits per heavy atom. The molecule has 0 radical (unpaired) electrons. The number of tetrazole rings is 1. The van der Waals surface area contributed by atoms with Crippen LogP contribution in [0.15, 0.2) is 77.7 Å². The van der Waals surface area contributed by atoms with Crippen LogP contribution in [0.3, 0.4) is 0 Å². The number of hydrogen-bond acceptors (Lipinski definition) is 5. The van der Waals surface area contributed by atoms with E-state index in [0.29, 0.717) is 24.1 Å². The predicted octanol–water partition coefficient (Wildman–Crippen LogP) is 5.18. The minimum absolute atomic E-state index is 0.0988. The second-order valence-corrected chi connectivity index (χ2v) is 9.31. The van der Waals surface area contributed by atoms with Crippen LogP contribution in [0.4, 0.5) is 0 Å². The highest BCUT2D eigenvalue weighted by Gasteiger charge is 2.19. The second-order valence-electron chi connectivity index (χ2n) is 8.95. The third-order valence-corrected chi connectivity index (χ3v) is 6.86. The first-order valence-electron chi connectivity index (χ1n) is 12.4. The minimum Gasteiger partial charge on any atom is -0.289 e. The summed E-state index contributed by atoms with van der Waals surface area (Å²) in [5.41, 5.74) is 5.59.